The monoisotopic (exact) mass is 397 g/mol. The molecule has 1 rings (SSSR count). The largest absolute Gasteiger partial charge is 0.460 e. The number of carbonyl (C=O) groups is 1. The Morgan fingerprint density at radius 3 is 2.69 bits per heavy atom. The molecule has 0 bridgehead atoms. The fourth-order valence-corrected chi connectivity index (χ4v) is 2.51. The molecule has 0 aliphatic rings. The number of hydrogen-bond acceptors (Lipinski definition) is 3. The van der Waals surface area contributed by atoms with E-state index in [1.165, 1.54) is 0 Å². The molecule has 0 radical (unpaired) electrons. The van der Waals surface area contributed by atoms with Crippen LogP contribution >= 0.6 is 38.5 Å². The Kier molecular flexibility index (Phi) is 4.73. The van der Waals surface area contributed by atoms with E-state index in [-0.39, 0.29) is 12.4 Å². The number of pyridine rings is 1. The van der Waals surface area contributed by atoms with Crippen LogP contribution in [0.4, 0.5) is 0 Å². The predicted molar refractivity (Wildman–Crippen MR) is 74.2 cm³/mol. The van der Waals surface area contributed by atoms with Crippen LogP contribution in [0.15, 0.2) is 16.7 Å². The van der Waals surface area contributed by atoms with E-state index in [0.29, 0.717) is 0 Å². The molecule has 0 amide bonds. The SMILES string of the molecule is CC(C)(C)OC(=O)Cc1ncc(Br)cc1I. The first-order valence-electron chi connectivity index (χ1n) is 4.80. The lowest BCUT2D eigenvalue weighted by Gasteiger charge is -2.19. The van der Waals surface area contributed by atoms with Crippen molar-refractivity contribution in [2.45, 2.75) is 32.8 Å². The maximum absolute atomic E-state index is 11.6. The summed E-state index contributed by atoms with van der Waals surface area (Å²) in [6.07, 6.45) is 1.89. The van der Waals surface area contributed by atoms with Crippen molar-refractivity contribution in [1.82, 2.24) is 4.98 Å². The second-order valence-electron chi connectivity index (χ2n) is 4.35. The smallest absolute Gasteiger partial charge is 0.312 e. The molecule has 0 saturated carbocycles. The Balaban J connectivity index is 2.70. The number of rotatable bonds is 2. The molecule has 0 aromatic carbocycles. The van der Waals surface area contributed by atoms with E-state index in [1.54, 1.807) is 6.20 Å². The molecule has 0 saturated heterocycles. The molecule has 3 nitrogen and oxygen atoms in total. The number of halogens is 2. The summed E-state index contributed by atoms with van der Waals surface area (Å²) in [5, 5.41) is 0. The van der Waals surface area contributed by atoms with Gasteiger partial charge in [0.2, 0.25) is 0 Å². The molecule has 1 heterocycles. The molecule has 0 N–H and O–H groups in total. The van der Waals surface area contributed by atoms with Crippen molar-refractivity contribution in [2.75, 3.05) is 0 Å². The fraction of sp³-hybridized carbons (Fsp3) is 0.455. The van der Waals surface area contributed by atoms with Gasteiger partial charge in [-0.1, -0.05) is 0 Å². The standard InChI is InChI=1S/C11H13BrINO2/c1-11(2,3)16-10(15)5-9-8(13)4-7(12)6-14-9/h4,6H,5H2,1-3H3. The zero-order valence-corrected chi connectivity index (χ0v) is 13.1. The number of hydrogen-bond donors (Lipinski definition) is 0. The van der Waals surface area contributed by atoms with Crippen molar-refractivity contribution in [1.29, 1.82) is 0 Å². The van der Waals surface area contributed by atoms with Crippen molar-refractivity contribution in [3.05, 3.63) is 26.0 Å². The van der Waals surface area contributed by atoms with Gasteiger partial charge in [0.05, 0.1) is 12.1 Å². The highest BCUT2D eigenvalue weighted by Gasteiger charge is 2.17. The highest BCUT2D eigenvalue weighted by atomic mass is 127. The first kappa shape index (κ1) is 13.9. The molecule has 16 heavy (non-hydrogen) atoms. The maximum Gasteiger partial charge on any atom is 0.312 e. The van der Waals surface area contributed by atoms with Gasteiger partial charge in [-0.05, 0) is 65.4 Å². The number of ether oxygens (including phenoxy) is 1. The van der Waals surface area contributed by atoms with Crippen LogP contribution in [0.25, 0.3) is 0 Å². The van der Waals surface area contributed by atoms with E-state index in [4.69, 9.17) is 4.74 Å². The van der Waals surface area contributed by atoms with Crippen molar-refractivity contribution in [3.63, 3.8) is 0 Å². The molecule has 1 aromatic heterocycles. The van der Waals surface area contributed by atoms with E-state index < -0.39 is 5.60 Å². The third-order valence-corrected chi connectivity index (χ3v) is 2.98. The van der Waals surface area contributed by atoms with Crippen LogP contribution in [0, 0.1) is 3.57 Å². The van der Waals surface area contributed by atoms with Gasteiger partial charge in [-0.25, -0.2) is 0 Å². The predicted octanol–water partition coefficient (Wildman–Crippen LogP) is 3.33. The lowest BCUT2D eigenvalue weighted by atomic mass is 10.2. The molecule has 0 aliphatic carbocycles. The molecular weight excluding hydrogens is 385 g/mol. The minimum absolute atomic E-state index is 0.211. The molecule has 0 aliphatic heterocycles. The molecule has 0 atom stereocenters. The minimum atomic E-state index is -0.447. The molecule has 1 aromatic rings. The van der Waals surface area contributed by atoms with Crippen LogP contribution in [0.5, 0.6) is 0 Å². The third-order valence-electron chi connectivity index (χ3n) is 1.62. The molecule has 0 unspecified atom stereocenters. The fourth-order valence-electron chi connectivity index (χ4n) is 1.09. The lowest BCUT2D eigenvalue weighted by Crippen LogP contribution is -2.25. The van der Waals surface area contributed by atoms with Crippen molar-refractivity contribution < 1.29 is 9.53 Å². The summed E-state index contributed by atoms with van der Waals surface area (Å²) in [7, 11) is 0. The van der Waals surface area contributed by atoms with Crippen LogP contribution in [-0.4, -0.2) is 16.6 Å². The van der Waals surface area contributed by atoms with Gasteiger partial charge in [0.25, 0.3) is 0 Å². The van der Waals surface area contributed by atoms with Gasteiger partial charge >= 0.3 is 5.97 Å². The summed E-state index contributed by atoms with van der Waals surface area (Å²) < 4.78 is 7.10. The topological polar surface area (TPSA) is 39.2 Å². The first-order valence-corrected chi connectivity index (χ1v) is 6.67. The van der Waals surface area contributed by atoms with E-state index in [2.05, 4.69) is 43.5 Å². The van der Waals surface area contributed by atoms with E-state index >= 15 is 0 Å². The van der Waals surface area contributed by atoms with Crippen molar-refractivity contribution in [2.24, 2.45) is 0 Å². The zero-order chi connectivity index (χ0) is 12.3. The van der Waals surface area contributed by atoms with Crippen LogP contribution < -0.4 is 0 Å². The average Bonchev–Trinajstić information content (AvgIpc) is 2.06. The van der Waals surface area contributed by atoms with E-state index in [1.807, 2.05) is 26.8 Å². The van der Waals surface area contributed by atoms with E-state index in [0.717, 1.165) is 13.7 Å². The number of esters is 1. The summed E-state index contributed by atoms with van der Waals surface area (Å²) >= 11 is 5.48. The number of carbonyl (C=O) groups excluding carboxylic acids is 1. The summed E-state index contributed by atoms with van der Waals surface area (Å²) in [6, 6.07) is 1.92. The second-order valence-corrected chi connectivity index (χ2v) is 6.42. The average molecular weight is 398 g/mol. The minimum Gasteiger partial charge on any atom is -0.460 e. The summed E-state index contributed by atoms with van der Waals surface area (Å²) in [6.45, 7) is 5.56. The Hall–Kier alpha value is -0.170. The quantitative estimate of drug-likeness (QED) is 0.567. The molecule has 0 fully saturated rings. The van der Waals surface area contributed by atoms with Gasteiger partial charge in [-0.15, -0.1) is 0 Å². The Labute approximate surface area is 117 Å². The maximum atomic E-state index is 11.6. The molecule has 0 spiro atoms. The second kappa shape index (κ2) is 5.44. The van der Waals surface area contributed by atoms with Gasteiger partial charge in [-0.2, -0.15) is 0 Å². The van der Waals surface area contributed by atoms with Crippen LogP contribution in [0.3, 0.4) is 0 Å². The Morgan fingerprint density at radius 1 is 1.56 bits per heavy atom. The molecular formula is C11H13BrINO2. The van der Waals surface area contributed by atoms with E-state index in [9.17, 15) is 4.79 Å². The van der Waals surface area contributed by atoms with Crippen molar-refractivity contribution in [3.8, 4) is 0 Å². The molecule has 88 valence electrons. The molecule has 5 heteroatoms. The van der Waals surface area contributed by atoms with Crippen molar-refractivity contribution >= 4 is 44.5 Å². The number of aromatic nitrogens is 1. The Morgan fingerprint density at radius 2 is 2.19 bits per heavy atom. The van der Waals surface area contributed by atoms with Crippen LogP contribution in [-0.2, 0) is 16.0 Å². The Bertz CT molecular complexity index is 401. The van der Waals surface area contributed by atoms with Gasteiger partial charge in [0.1, 0.15) is 5.60 Å². The van der Waals surface area contributed by atoms with Gasteiger partial charge in [0.15, 0.2) is 0 Å². The van der Waals surface area contributed by atoms with Crippen LogP contribution in [0.2, 0.25) is 0 Å². The highest BCUT2D eigenvalue weighted by Crippen LogP contribution is 2.17. The zero-order valence-electron chi connectivity index (χ0n) is 9.38. The lowest BCUT2D eigenvalue weighted by molar-refractivity contribution is -0.154. The highest BCUT2D eigenvalue weighted by molar-refractivity contribution is 14.1. The number of nitrogens with zero attached hydrogens (tertiary/aromatic N) is 1. The van der Waals surface area contributed by atoms with Gasteiger partial charge < -0.3 is 4.74 Å². The summed E-state index contributed by atoms with van der Waals surface area (Å²) in [5.41, 5.74) is 0.302. The van der Waals surface area contributed by atoms with Crippen LogP contribution in [0.1, 0.15) is 26.5 Å². The third kappa shape index (κ3) is 4.78. The first-order chi connectivity index (χ1) is 7.28. The van der Waals surface area contributed by atoms with Gasteiger partial charge in [-0.3, -0.25) is 9.78 Å². The normalized spacial score (nSPS) is 11.3. The summed E-state index contributed by atoms with van der Waals surface area (Å²) in [4.78, 5) is 15.8. The van der Waals surface area contributed by atoms with Gasteiger partial charge in [0, 0.05) is 14.2 Å². The summed E-state index contributed by atoms with van der Waals surface area (Å²) in [5.74, 6) is -0.250.